The molecule has 144 valence electrons. The number of pyridine rings is 1. The van der Waals surface area contributed by atoms with E-state index in [-0.39, 0.29) is 0 Å². The van der Waals surface area contributed by atoms with E-state index in [1.807, 2.05) is 17.4 Å². The monoisotopic (exact) mass is 412 g/mol. The summed E-state index contributed by atoms with van der Waals surface area (Å²) < 4.78 is 2.61. The third kappa shape index (κ3) is 2.97. The summed E-state index contributed by atoms with van der Waals surface area (Å²) in [7, 11) is 0. The molecule has 0 aliphatic rings. The van der Waals surface area contributed by atoms with Gasteiger partial charge in [-0.2, -0.15) is 5.26 Å². The molecule has 2 aromatic heterocycles. The highest BCUT2D eigenvalue weighted by atomic mass is 32.1. The van der Waals surface area contributed by atoms with Gasteiger partial charge in [0.15, 0.2) is 0 Å². The molecule has 0 bridgehead atoms. The van der Waals surface area contributed by atoms with E-state index in [9.17, 15) is 5.26 Å². The van der Waals surface area contributed by atoms with Gasteiger partial charge in [-0.05, 0) is 51.7 Å². The Morgan fingerprint density at radius 3 is 2.39 bits per heavy atom. The van der Waals surface area contributed by atoms with Crippen molar-refractivity contribution >= 4 is 42.3 Å². The minimum atomic E-state index is 0.571. The molecular weight excluding hydrogens is 396 g/mol. The van der Waals surface area contributed by atoms with E-state index < -0.39 is 0 Å². The average Bonchev–Trinajstić information content (AvgIpc) is 3.22. The molecule has 0 atom stereocenters. The SMILES string of the molecule is N#Cc1cncc(-c2cccc(-c3ccc4c(c3)sc3ccc5ccccc5c34)c2)c1. The second-order valence-corrected chi connectivity index (χ2v) is 8.71. The number of hydrogen-bond donors (Lipinski definition) is 0. The van der Waals surface area contributed by atoms with Gasteiger partial charge in [-0.25, -0.2) is 0 Å². The number of thiophene rings is 1. The van der Waals surface area contributed by atoms with Gasteiger partial charge in [0.05, 0.1) is 5.56 Å². The lowest BCUT2D eigenvalue weighted by Gasteiger charge is -2.07. The molecule has 4 aromatic carbocycles. The molecule has 6 aromatic rings. The van der Waals surface area contributed by atoms with Crippen LogP contribution in [0.2, 0.25) is 0 Å². The topological polar surface area (TPSA) is 36.7 Å². The smallest absolute Gasteiger partial charge is 0.101 e. The Labute approximate surface area is 183 Å². The van der Waals surface area contributed by atoms with Crippen LogP contribution in [0.3, 0.4) is 0 Å². The van der Waals surface area contributed by atoms with E-state index in [1.165, 1.54) is 36.5 Å². The van der Waals surface area contributed by atoms with Crippen molar-refractivity contribution in [3.8, 4) is 28.3 Å². The van der Waals surface area contributed by atoms with Gasteiger partial charge in [-0.1, -0.05) is 60.7 Å². The molecule has 0 aliphatic carbocycles. The molecule has 0 N–H and O–H groups in total. The van der Waals surface area contributed by atoms with Crippen molar-refractivity contribution < 1.29 is 0 Å². The van der Waals surface area contributed by atoms with Gasteiger partial charge in [0.1, 0.15) is 6.07 Å². The first kappa shape index (κ1) is 17.8. The van der Waals surface area contributed by atoms with Crippen molar-refractivity contribution in [2.24, 2.45) is 0 Å². The largest absolute Gasteiger partial charge is 0.263 e. The standard InChI is InChI=1S/C28H16N2S/c29-15-18-12-23(17-30-16-18)21-6-3-5-20(13-21)22-8-10-25-27(14-22)31-26-11-9-19-4-1-2-7-24(19)28(25)26/h1-14,16-17H. The van der Waals surface area contributed by atoms with E-state index in [0.29, 0.717) is 5.56 Å². The van der Waals surface area contributed by atoms with Crippen LogP contribution in [0.4, 0.5) is 0 Å². The fourth-order valence-electron chi connectivity index (χ4n) is 4.26. The lowest BCUT2D eigenvalue weighted by Crippen LogP contribution is -1.85. The van der Waals surface area contributed by atoms with Crippen molar-refractivity contribution in [3.63, 3.8) is 0 Å². The first-order valence-corrected chi connectivity index (χ1v) is 10.9. The number of nitrogens with zero attached hydrogens (tertiary/aromatic N) is 2. The van der Waals surface area contributed by atoms with Crippen molar-refractivity contribution in [1.82, 2.24) is 4.98 Å². The summed E-state index contributed by atoms with van der Waals surface area (Å²) in [6.07, 6.45) is 3.40. The minimum Gasteiger partial charge on any atom is -0.263 e. The highest BCUT2D eigenvalue weighted by Crippen LogP contribution is 2.40. The van der Waals surface area contributed by atoms with Crippen LogP contribution in [0, 0.1) is 11.3 Å². The molecule has 2 nitrogen and oxygen atoms in total. The van der Waals surface area contributed by atoms with E-state index in [2.05, 4.69) is 89.9 Å². The summed E-state index contributed by atoms with van der Waals surface area (Å²) in [6, 6.07) is 32.3. The number of fused-ring (bicyclic) bond motifs is 5. The lowest BCUT2D eigenvalue weighted by atomic mass is 9.98. The molecule has 0 amide bonds. The first-order valence-electron chi connectivity index (χ1n) is 10.1. The Kier molecular flexibility index (Phi) is 4.06. The van der Waals surface area contributed by atoms with Crippen molar-refractivity contribution in [2.45, 2.75) is 0 Å². The zero-order valence-electron chi connectivity index (χ0n) is 16.5. The minimum absolute atomic E-state index is 0.571. The van der Waals surface area contributed by atoms with Gasteiger partial charge < -0.3 is 0 Å². The normalized spacial score (nSPS) is 11.2. The lowest BCUT2D eigenvalue weighted by molar-refractivity contribution is 1.30. The third-order valence-corrected chi connectivity index (χ3v) is 6.88. The van der Waals surface area contributed by atoms with Crippen molar-refractivity contribution in [3.05, 3.63) is 103 Å². The predicted octanol–water partition coefficient (Wildman–Crippen LogP) is 7.81. The molecule has 3 heteroatoms. The van der Waals surface area contributed by atoms with Crippen LogP contribution in [-0.4, -0.2) is 4.98 Å². The zero-order valence-corrected chi connectivity index (χ0v) is 17.4. The third-order valence-electron chi connectivity index (χ3n) is 5.76. The summed E-state index contributed by atoms with van der Waals surface area (Å²) in [5.41, 5.74) is 4.93. The second kappa shape index (κ2) is 7.05. The fraction of sp³-hybridized carbons (Fsp3) is 0. The molecule has 0 radical (unpaired) electrons. The van der Waals surface area contributed by atoms with Crippen LogP contribution in [0.1, 0.15) is 5.56 Å². The maximum atomic E-state index is 9.18. The van der Waals surface area contributed by atoms with Gasteiger partial charge in [0, 0.05) is 38.1 Å². The van der Waals surface area contributed by atoms with E-state index in [0.717, 1.165) is 16.7 Å². The number of nitriles is 1. The highest BCUT2D eigenvalue weighted by molar-refractivity contribution is 7.26. The quantitative estimate of drug-likeness (QED) is 0.291. The maximum Gasteiger partial charge on any atom is 0.101 e. The fourth-order valence-corrected chi connectivity index (χ4v) is 5.42. The van der Waals surface area contributed by atoms with Gasteiger partial charge in [-0.15, -0.1) is 11.3 Å². The predicted molar refractivity (Wildman–Crippen MR) is 130 cm³/mol. The molecule has 6 rings (SSSR count). The number of rotatable bonds is 2. The molecular formula is C28H16N2S. The zero-order chi connectivity index (χ0) is 20.8. The molecule has 0 fully saturated rings. The Balaban J connectivity index is 1.50. The molecule has 0 saturated heterocycles. The second-order valence-electron chi connectivity index (χ2n) is 7.63. The Morgan fingerprint density at radius 1 is 0.645 bits per heavy atom. The van der Waals surface area contributed by atoms with Crippen LogP contribution in [-0.2, 0) is 0 Å². The van der Waals surface area contributed by atoms with Crippen LogP contribution < -0.4 is 0 Å². The van der Waals surface area contributed by atoms with Crippen molar-refractivity contribution in [1.29, 1.82) is 5.26 Å². The van der Waals surface area contributed by atoms with E-state index in [4.69, 9.17) is 0 Å². The van der Waals surface area contributed by atoms with Crippen LogP contribution >= 0.6 is 11.3 Å². The highest BCUT2D eigenvalue weighted by Gasteiger charge is 2.10. The molecule has 0 aliphatic heterocycles. The molecule has 0 saturated carbocycles. The molecule has 0 unspecified atom stereocenters. The first-order chi connectivity index (χ1) is 15.3. The maximum absolute atomic E-state index is 9.18. The van der Waals surface area contributed by atoms with Crippen molar-refractivity contribution in [2.75, 3.05) is 0 Å². The summed E-state index contributed by atoms with van der Waals surface area (Å²) in [5, 5.41) is 14.4. The number of hydrogen-bond acceptors (Lipinski definition) is 3. The van der Waals surface area contributed by atoms with Crippen LogP contribution in [0.25, 0.3) is 53.2 Å². The Morgan fingerprint density at radius 2 is 1.48 bits per heavy atom. The van der Waals surface area contributed by atoms with Crippen LogP contribution in [0.5, 0.6) is 0 Å². The van der Waals surface area contributed by atoms with Gasteiger partial charge in [-0.3, -0.25) is 4.98 Å². The Bertz CT molecular complexity index is 1650. The number of benzene rings is 4. The Hall–Kier alpha value is -4.00. The molecule has 31 heavy (non-hydrogen) atoms. The molecule has 2 heterocycles. The van der Waals surface area contributed by atoms with Crippen LogP contribution in [0.15, 0.2) is 97.3 Å². The molecule has 0 spiro atoms. The summed E-state index contributed by atoms with van der Waals surface area (Å²) in [6.45, 7) is 0. The summed E-state index contributed by atoms with van der Waals surface area (Å²) in [5.74, 6) is 0. The van der Waals surface area contributed by atoms with E-state index >= 15 is 0 Å². The van der Waals surface area contributed by atoms with Gasteiger partial charge in [0.2, 0.25) is 0 Å². The average molecular weight is 413 g/mol. The van der Waals surface area contributed by atoms with Gasteiger partial charge >= 0.3 is 0 Å². The summed E-state index contributed by atoms with van der Waals surface area (Å²) >= 11 is 1.84. The number of aromatic nitrogens is 1. The van der Waals surface area contributed by atoms with E-state index in [1.54, 1.807) is 12.4 Å². The summed E-state index contributed by atoms with van der Waals surface area (Å²) in [4.78, 5) is 4.20. The van der Waals surface area contributed by atoms with Gasteiger partial charge in [0.25, 0.3) is 0 Å².